The molecule has 1 aliphatic rings. The standard InChI is InChI=1S/C15H15ClN2O/c16-11-6-5-10-9-18(14(8-17)12(10)7-11)13-3-1-2-4-15(13)19/h1-7,14,19H,8-9,17H2. The molecule has 1 unspecified atom stereocenters. The lowest BCUT2D eigenvalue weighted by Gasteiger charge is -2.26. The van der Waals surface area contributed by atoms with Crippen molar-refractivity contribution in [3.63, 3.8) is 0 Å². The minimum Gasteiger partial charge on any atom is -0.506 e. The fourth-order valence-corrected chi connectivity index (χ4v) is 2.88. The molecule has 2 aromatic rings. The molecule has 0 fully saturated rings. The van der Waals surface area contributed by atoms with Crippen LogP contribution in [0, 0.1) is 0 Å². The molecule has 3 nitrogen and oxygen atoms in total. The molecule has 0 aromatic heterocycles. The predicted molar refractivity (Wildman–Crippen MR) is 77.5 cm³/mol. The van der Waals surface area contributed by atoms with Crippen LogP contribution < -0.4 is 10.6 Å². The maximum absolute atomic E-state index is 10.0. The van der Waals surface area contributed by atoms with Crippen LogP contribution in [0.15, 0.2) is 42.5 Å². The Labute approximate surface area is 117 Å². The topological polar surface area (TPSA) is 49.5 Å². The first-order valence-electron chi connectivity index (χ1n) is 6.23. The van der Waals surface area contributed by atoms with E-state index in [4.69, 9.17) is 17.3 Å². The normalized spacial score (nSPS) is 17.6. The summed E-state index contributed by atoms with van der Waals surface area (Å²) >= 11 is 6.06. The number of halogens is 1. The molecule has 3 rings (SSSR count). The smallest absolute Gasteiger partial charge is 0.138 e. The number of nitrogens with zero attached hydrogens (tertiary/aromatic N) is 1. The number of aromatic hydroxyl groups is 1. The molecule has 1 aliphatic heterocycles. The summed E-state index contributed by atoms with van der Waals surface area (Å²) in [5, 5.41) is 10.7. The zero-order valence-corrected chi connectivity index (χ0v) is 11.1. The van der Waals surface area contributed by atoms with Crippen molar-refractivity contribution in [2.75, 3.05) is 11.4 Å². The molecule has 0 amide bonds. The number of para-hydroxylation sites is 2. The molecule has 98 valence electrons. The quantitative estimate of drug-likeness (QED) is 0.885. The van der Waals surface area contributed by atoms with Gasteiger partial charge in [-0.05, 0) is 35.4 Å². The molecule has 0 saturated heterocycles. The lowest BCUT2D eigenvalue weighted by molar-refractivity contribution is 0.471. The van der Waals surface area contributed by atoms with Gasteiger partial charge >= 0.3 is 0 Å². The van der Waals surface area contributed by atoms with Gasteiger partial charge < -0.3 is 15.7 Å². The largest absolute Gasteiger partial charge is 0.506 e. The molecule has 0 aliphatic carbocycles. The third-order valence-electron chi connectivity index (χ3n) is 3.60. The Balaban J connectivity index is 2.05. The van der Waals surface area contributed by atoms with Gasteiger partial charge in [-0.2, -0.15) is 0 Å². The Hall–Kier alpha value is -1.71. The first-order chi connectivity index (χ1) is 9.20. The van der Waals surface area contributed by atoms with Gasteiger partial charge in [-0.25, -0.2) is 0 Å². The second-order valence-corrected chi connectivity index (χ2v) is 5.15. The van der Waals surface area contributed by atoms with E-state index in [2.05, 4.69) is 4.90 Å². The highest BCUT2D eigenvalue weighted by atomic mass is 35.5. The maximum atomic E-state index is 10.0. The number of phenols is 1. The van der Waals surface area contributed by atoms with Crippen LogP contribution in [-0.4, -0.2) is 11.7 Å². The van der Waals surface area contributed by atoms with Crippen LogP contribution in [0.4, 0.5) is 5.69 Å². The molecular formula is C15H15ClN2O. The molecular weight excluding hydrogens is 260 g/mol. The number of fused-ring (bicyclic) bond motifs is 1. The van der Waals surface area contributed by atoms with Crippen molar-refractivity contribution in [3.8, 4) is 5.75 Å². The van der Waals surface area contributed by atoms with Gasteiger partial charge in [-0.1, -0.05) is 29.8 Å². The number of hydrogen-bond acceptors (Lipinski definition) is 3. The van der Waals surface area contributed by atoms with Crippen molar-refractivity contribution >= 4 is 17.3 Å². The Morgan fingerprint density at radius 1 is 1.26 bits per heavy atom. The lowest BCUT2D eigenvalue weighted by atomic mass is 10.1. The van der Waals surface area contributed by atoms with E-state index in [0.29, 0.717) is 6.54 Å². The first-order valence-corrected chi connectivity index (χ1v) is 6.61. The number of anilines is 1. The summed E-state index contributed by atoms with van der Waals surface area (Å²) < 4.78 is 0. The summed E-state index contributed by atoms with van der Waals surface area (Å²) in [6, 6.07) is 13.3. The van der Waals surface area contributed by atoms with Gasteiger partial charge in [0.25, 0.3) is 0 Å². The summed E-state index contributed by atoms with van der Waals surface area (Å²) in [6.45, 7) is 1.23. The van der Waals surface area contributed by atoms with Crippen molar-refractivity contribution in [3.05, 3.63) is 58.6 Å². The molecule has 1 atom stereocenters. The van der Waals surface area contributed by atoms with Gasteiger partial charge in [-0.3, -0.25) is 0 Å². The minimum atomic E-state index is 0.0574. The van der Waals surface area contributed by atoms with Crippen molar-refractivity contribution in [2.45, 2.75) is 12.6 Å². The first kappa shape index (κ1) is 12.3. The van der Waals surface area contributed by atoms with E-state index in [1.165, 1.54) is 5.56 Å². The number of benzene rings is 2. The fraction of sp³-hybridized carbons (Fsp3) is 0.200. The molecule has 0 radical (unpaired) electrons. The zero-order valence-electron chi connectivity index (χ0n) is 10.4. The van der Waals surface area contributed by atoms with Crippen molar-refractivity contribution in [2.24, 2.45) is 5.73 Å². The summed E-state index contributed by atoms with van der Waals surface area (Å²) in [4.78, 5) is 2.12. The highest BCUT2D eigenvalue weighted by molar-refractivity contribution is 6.30. The Morgan fingerprint density at radius 2 is 2.05 bits per heavy atom. The number of phenolic OH excluding ortho intramolecular Hbond substituents is 1. The van der Waals surface area contributed by atoms with E-state index in [1.54, 1.807) is 6.07 Å². The van der Waals surface area contributed by atoms with Gasteiger partial charge in [0.15, 0.2) is 0 Å². The highest BCUT2D eigenvalue weighted by Crippen LogP contribution is 2.41. The van der Waals surface area contributed by atoms with E-state index in [9.17, 15) is 5.11 Å². The number of nitrogens with two attached hydrogens (primary N) is 1. The fourth-order valence-electron chi connectivity index (χ4n) is 2.70. The summed E-state index contributed by atoms with van der Waals surface area (Å²) in [5.41, 5.74) is 9.08. The van der Waals surface area contributed by atoms with Gasteiger partial charge in [0.05, 0.1) is 11.7 Å². The Morgan fingerprint density at radius 3 is 2.79 bits per heavy atom. The van der Waals surface area contributed by atoms with E-state index in [1.807, 2.05) is 36.4 Å². The molecule has 19 heavy (non-hydrogen) atoms. The molecule has 0 saturated carbocycles. The van der Waals surface area contributed by atoms with E-state index in [0.717, 1.165) is 22.8 Å². The molecule has 1 heterocycles. The summed E-state index contributed by atoms with van der Waals surface area (Å²) in [5.74, 6) is 0.278. The average molecular weight is 275 g/mol. The van der Waals surface area contributed by atoms with Crippen molar-refractivity contribution < 1.29 is 5.11 Å². The number of rotatable bonds is 2. The summed E-state index contributed by atoms with van der Waals surface area (Å²) in [7, 11) is 0. The van der Waals surface area contributed by atoms with Crippen LogP contribution in [0.2, 0.25) is 5.02 Å². The monoisotopic (exact) mass is 274 g/mol. The highest BCUT2D eigenvalue weighted by Gasteiger charge is 2.30. The van der Waals surface area contributed by atoms with E-state index in [-0.39, 0.29) is 11.8 Å². The Bertz CT molecular complexity index is 615. The second kappa shape index (κ2) is 4.76. The maximum Gasteiger partial charge on any atom is 0.138 e. The van der Waals surface area contributed by atoms with Gasteiger partial charge in [0, 0.05) is 18.1 Å². The molecule has 0 bridgehead atoms. The van der Waals surface area contributed by atoms with Crippen molar-refractivity contribution in [1.82, 2.24) is 0 Å². The Kier molecular flexibility index (Phi) is 3.09. The van der Waals surface area contributed by atoms with Crippen LogP contribution in [0.5, 0.6) is 5.75 Å². The predicted octanol–water partition coefficient (Wildman–Crippen LogP) is 3.07. The lowest BCUT2D eigenvalue weighted by Crippen LogP contribution is -2.27. The van der Waals surface area contributed by atoms with E-state index >= 15 is 0 Å². The molecule has 0 spiro atoms. The minimum absolute atomic E-state index is 0.0574. The van der Waals surface area contributed by atoms with Crippen LogP contribution in [0.25, 0.3) is 0 Å². The van der Waals surface area contributed by atoms with Crippen LogP contribution >= 0.6 is 11.6 Å². The van der Waals surface area contributed by atoms with Gasteiger partial charge in [-0.15, -0.1) is 0 Å². The average Bonchev–Trinajstić information content (AvgIpc) is 2.76. The van der Waals surface area contributed by atoms with Crippen LogP contribution in [0.3, 0.4) is 0 Å². The third kappa shape index (κ3) is 2.05. The zero-order chi connectivity index (χ0) is 13.4. The van der Waals surface area contributed by atoms with Crippen LogP contribution in [-0.2, 0) is 6.54 Å². The van der Waals surface area contributed by atoms with Gasteiger partial charge in [0.2, 0.25) is 0 Å². The third-order valence-corrected chi connectivity index (χ3v) is 3.83. The van der Waals surface area contributed by atoms with Crippen LogP contribution in [0.1, 0.15) is 17.2 Å². The molecule has 2 aromatic carbocycles. The second-order valence-electron chi connectivity index (χ2n) is 4.71. The molecule has 4 heteroatoms. The van der Waals surface area contributed by atoms with Crippen molar-refractivity contribution in [1.29, 1.82) is 0 Å². The van der Waals surface area contributed by atoms with E-state index < -0.39 is 0 Å². The van der Waals surface area contributed by atoms with Gasteiger partial charge in [0.1, 0.15) is 5.75 Å². The SMILES string of the molecule is NCC1c2cc(Cl)ccc2CN1c1ccccc1O. The number of hydrogen-bond donors (Lipinski definition) is 2. The summed E-state index contributed by atoms with van der Waals surface area (Å²) in [6.07, 6.45) is 0. The molecule has 3 N–H and O–H groups in total.